The minimum Gasteiger partial charge on any atom is -0.208 e. The summed E-state index contributed by atoms with van der Waals surface area (Å²) in [5, 5.41) is 2.38. The van der Waals surface area contributed by atoms with E-state index in [9.17, 15) is 0 Å². The monoisotopic (exact) mass is 805 g/mol. The highest BCUT2D eigenvalue weighted by Gasteiger charge is 2.49. The fraction of sp³-hybridized carbons (Fsp3) is 0.0172. The zero-order valence-corrected chi connectivity index (χ0v) is 34.3. The summed E-state index contributed by atoms with van der Waals surface area (Å²) in [5.74, 6) is 1.94. The van der Waals surface area contributed by atoms with Crippen molar-refractivity contribution in [2.45, 2.75) is 5.41 Å². The highest BCUT2D eigenvalue weighted by Crippen LogP contribution is 2.61. The van der Waals surface area contributed by atoms with E-state index in [4.69, 9.17) is 15.0 Å². The molecule has 2 heterocycles. The van der Waals surface area contributed by atoms with Crippen molar-refractivity contribution in [2.75, 3.05) is 0 Å². The Morgan fingerprint density at radius 3 is 1.45 bits per heavy atom. The van der Waals surface area contributed by atoms with Gasteiger partial charge < -0.3 is 0 Å². The lowest BCUT2D eigenvalue weighted by molar-refractivity contribution is 0.775. The van der Waals surface area contributed by atoms with Gasteiger partial charge in [0, 0.05) is 36.9 Å². The summed E-state index contributed by atoms with van der Waals surface area (Å²) in [6.45, 7) is 0. The number of nitrogens with zero attached hydrogens (tertiary/aromatic N) is 3. The van der Waals surface area contributed by atoms with Crippen LogP contribution >= 0.6 is 11.3 Å². The molecule has 0 atom stereocenters. The zero-order valence-electron chi connectivity index (χ0n) is 33.5. The predicted octanol–water partition coefficient (Wildman–Crippen LogP) is 14.9. The maximum absolute atomic E-state index is 5.40. The van der Waals surface area contributed by atoms with Crippen LogP contribution in [0.15, 0.2) is 212 Å². The second kappa shape index (κ2) is 13.6. The lowest BCUT2D eigenvalue weighted by Crippen LogP contribution is -2.29. The molecule has 3 nitrogen and oxygen atoms in total. The number of aromatic nitrogens is 3. The zero-order chi connectivity index (χ0) is 40.8. The van der Waals surface area contributed by atoms with E-state index in [1.807, 2.05) is 0 Å². The Morgan fingerprint density at radius 2 is 0.758 bits per heavy atom. The van der Waals surface area contributed by atoms with Crippen LogP contribution < -0.4 is 0 Å². The molecule has 0 saturated heterocycles. The quantitative estimate of drug-likeness (QED) is 0.178. The third kappa shape index (κ3) is 5.08. The minimum absolute atomic E-state index is 0.556. The Bertz CT molecular complexity index is 3540. The van der Waals surface area contributed by atoms with Crippen molar-refractivity contribution < 1.29 is 0 Å². The van der Waals surface area contributed by atoms with Crippen LogP contribution in [0.2, 0.25) is 0 Å². The molecule has 2 aliphatic carbocycles. The number of hydrogen-bond acceptors (Lipinski definition) is 4. The molecule has 2 aromatic heterocycles. The van der Waals surface area contributed by atoms with Crippen LogP contribution in [0.25, 0.3) is 98.8 Å². The Labute approximate surface area is 363 Å². The molecule has 0 bridgehead atoms. The average molecular weight is 806 g/mol. The van der Waals surface area contributed by atoms with E-state index >= 15 is 0 Å². The van der Waals surface area contributed by atoms with Crippen molar-refractivity contribution in [1.82, 2.24) is 15.0 Å². The van der Waals surface area contributed by atoms with Crippen molar-refractivity contribution in [2.24, 2.45) is 0 Å². The van der Waals surface area contributed by atoms with Crippen molar-refractivity contribution in [3.8, 4) is 78.7 Å². The first kappa shape index (κ1) is 35.0. The van der Waals surface area contributed by atoms with E-state index in [1.165, 1.54) is 75.8 Å². The molecular weight excluding hydrogens is 771 g/mol. The lowest BCUT2D eigenvalue weighted by Gasteiger charge is -2.35. The molecule has 0 fully saturated rings. The van der Waals surface area contributed by atoms with Crippen molar-refractivity contribution in [3.05, 3.63) is 235 Å². The molecule has 0 radical (unpaired) electrons. The number of thiophene rings is 1. The Kier molecular flexibility index (Phi) is 7.69. The topological polar surface area (TPSA) is 38.7 Å². The summed E-state index contributed by atoms with van der Waals surface area (Å²) in [6.07, 6.45) is 0. The van der Waals surface area contributed by atoms with Gasteiger partial charge in [0.2, 0.25) is 0 Å². The fourth-order valence-corrected chi connectivity index (χ4v) is 11.5. The van der Waals surface area contributed by atoms with E-state index in [0.717, 1.165) is 27.8 Å². The normalized spacial score (nSPS) is 13.0. The summed E-state index contributed by atoms with van der Waals surface area (Å²) in [6, 6.07) is 77.0. The smallest absolute Gasteiger partial charge is 0.164 e. The van der Waals surface area contributed by atoms with Gasteiger partial charge >= 0.3 is 0 Å². The number of fused-ring (bicyclic) bond motifs is 15. The molecule has 0 aliphatic heterocycles. The summed E-state index contributed by atoms with van der Waals surface area (Å²) in [5.41, 5.74) is 17.1. The Hall–Kier alpha value is -7.79. The second-order valence-electron chi connectivity index (χ2n) is 16.2. The largest absolute Gasteiger partial charge is 0.208 e. The molecule has 1 spiro atoms. The van der Waals surface area contributed by atoms with Crippen molar-refractivity contribution in [1.29, 1.82) is 0 Å². The highest BCUT2D eigenvalue weighted by atomic mass is 32.1. The van der Waals surface area contributed by atoms with Crippen molar-refractivity contribution in [3.63, 3.8) is 0 Å². The Morgan fingerprint density at radius 1 is 0.290 bits per heavy atom. The first-order valence-corrected chi connectivity index (χ1v) is 21.9. The molecule has 11 aromatic rings. The van der Waals surface area contributed by atoms with Gasteiger partial charge in [0.05, 0.1) is 5.41 Å². The third-order valence-electron chi connectivity index (χ3n) is 13.0. The number of benzene rings is 9. The summed E-state index contributed by atoms with van der Waals surface area (Å²) in [4.78, 5) is 16.1. The molecule has 62 heavy (non-hydrogen) atoms. The van der Waals surface area contributed by atoms with E-state index in [-0.39, 0.29) is 0 Å². The molecule has 0 amide bonds. The van der Waals surface area contributed by atoms with Gasteiger partial charge in [0.15, 0.2) is 17.5 Å². The second-order valence-corrected chi connectivity index (χ2v) is 17.3. The molecule has 0 N–H and O–H groups in total. The summed E-state index contributed by atoms with van der Waals surface area (Å²) < 4.78 is 2.46. The van der Waals surface area contributed by atoms with Crippen LogP contribution in [0, 0.1) is 0 Å². The van der Waals surface area contributed by atoms with Gasteiger partial charge in [-0.15, -0.1) is 11.3 Å². The van der Waals surface area contributed by atoms with Gasteiger partial charge in [0.25, 0.3) is 0 Å². The van der Waals surface area contributed by atoms with Crippen LogP contribution in [-0.2, 0) is 5.41 Å². The standard InChI is InChI=1S/C58H35N3S/c1-2-16-36(17-3-1)37-18-14-19-38(34-37)55-59-56(61-57(60-55)46-26-15-31-53-54(46)45-25-9-13-30-52(45)62-53)39-32-33-51-47(35-39)44-24-8-12-29-50(44)58(51)48-27-10-6-22-42(48)40-20-4-5-21-41(40)43-23-7-11-28-49(43)58/h1-35H. The Balaban J connectivity index is 1.07. The number of rotatable bonds is 4. The molecule has 0 unspecified atom stereocenters. The van der Waals surface area contributed by atoms with Crippen molar-refractivity contribution >= 4 is 31.5 Å². The predicted molar refractivity (Wildman–Crippen MR) is 256 cm³/mol. The van der Waals surface area contributed by atoms with Crippen LogP contribution in [0.4, 0.5) is 0 Å². The van der Waals surface area contributed by atoms with E-state index < -0.39 is 5.41 Å². The van der Waals surface area contributed by atoms with Gasteiger partial charge in [-0.3, -0.25) is 0 Å². The average Bonchev–Trinajstić information content (AvgIpc) is 3.84. The van der Waals surface area contributed by atoms with E-state index in [2.05, 4.69) is 212 Å². The van der Waals surface area contributed by atoms with E-state index in [1.54, 1.807) is 11.3 Å². The molecule has 4 heteroatoms. The van der Waals surface area contributed by atoms with E-state index in [0.29, 0.717) is 17.5 Å². The third-order valence-corrected chi connectivity index (χ3v) is 14.1. The molecule has 9 aromatic carbocycles. The van der Waals surface area contributed by atoms with Gasteiger partial charge in [-0.25, -0.2) is 15.0 Å². The molecule has 2 aliphatic rings. The maximum Gasteiger partial charge on any atom is 0.164 e. The number of hydrogen-bond donors (Lipinski definition) is 0. The van der Waals surface area contributed by atoms with Gasteiger partial charge in [0.1, 0.15) is 0 Å². The van der Waals surface area contributed by atoms with Crippen LogP contribution in [0.3, 0.4) is 0 Å². The summed E-state index contributed by atoms with van der Waals surface area (Å²) >= 11 is 1.81. The van der Waals surface area contributed by atoms with Gasteiger partial charge in [-0.1, -0.05) is 188 Å². The first-order valence-electron chi connectivity index (χ1n) is 21.1. The lowest BCUT2D eigenvalue weighted by atomic mass is 9.66. The minimum atomic E-state index is -0.556. The van der Waals surface area contributed by atoms with Crippen LogP contribution in [0.5, 0.6) is 0 Å². The van der Waals surface area contributed by atoms with Gasteiger partial charge in [-0.05, 0) is 91.0 Å². The van der Waals surface area contributed by atoms with Crippen LogP contribution in [0.1, 0.15) is 22.3 Å². The summed E-state index contributed by atoms with van der Waals surface area (Å²) in [7, 11) is 0. The molecule has 0 saturated carbocycles. The molecular formula is C58H35N3S. The molecule has 288 valence electrons. The fourth-order valence-electron chi connectivity index (χ4n) is 10.4. The first-order chi connectivity index (χ1) is 30.7. The maximum atomic E-state index is 5.40. The highest BCUT2D eigenvalue weighted by molar-refractivity contribution is 7.25. The molecule has 13 rings (SSSR count). The van der Waals surface area contributed by atoms with Crippen LogP contribution in [-0.4, -0.2) is 15.0 Å². The SMILES string of the molecule is c1ccc(-c2cccc(-c3nc(-c4ccc5c(c4)-c4ccccc4C54c5ccccc5-c5ccccc5-c5ccccc54)nc(-c4cccc5sc6ccccc6c45)n3)c2)cc1. The van der Waals surface area contributed by atoms with Gasteiger partial charge in [-0.2, -0.15) is 0 Å².